The first kappa shape index (κ1) is 36.6. The van der Waals surface area contributed by atoms with Crippen LogP contribution < -0.4 is 24.6 Å². The smallest absolute Gasteiger partial charge is 0.323 e. The van der Waals surface area contributed by atoms with Gasteiger partial charge in [0.05, 0.1) is 24.5 Å². The Hall–Kier alpha value is -6.19. The molecule has 0 bridgehead atoms. The van der Waals surface area contributed by atoms with Gasteiger partial charge in [-0.2, -0.15) is 0 Å². The number of carbonyl (C=O) groups excluding carboxylic acids is 1. The molecule has 0 unspecified atom stereocenters. The van der Waals surface area contributed by atoms with E-state index in [0.29, 0.717) is 16.9 Å². The topological polar surface area (TPSA) is 210 Å². The van der Waals surface area contributed by atoms with Gasteiger partial charge in [-0.15, -0.1) is 0 Å². The lowest BCUT2D eigenvalue weighted by atomic mass is 9.92. The molecule has 6 aromatic carbocycles. The number of benzene rings is 6. The largest absolute Gasteiger partial charge is 0.488 e. The van der Waals surface area contributed by atoms with E-state index in [2.05, 4.69) is 11.4 Å². The van der Waals surface area contributed by atoms with Crippen LogP contribution in [0.2, 0.25) is 0 Å². The number of carboxylic acids is 2. The number of nitrogens with zero attached hydrogens (tertiary/aromatic N) is 2. The zero-order chi connectivity index (χ0) is 37.6. The number of rotatable bonds is 17. The second-order valence-corrected chi connectivity index (χ2v) is 12.3. The maximum absolute atomic E-state index is 13.8. The predicted molar refractivity (Wildman–Crippen MR) is 198 cm³/mol. The first-order chi connectivity index (χ1) is 25.5. The van der Waals surface area contributed by atoms with Gasteiger partial charge in [0.1, 0.15) is 37.8 Å². The fourth-order valence-corrected chi connectivity index (χ4v) is 6.46. The van der Waals surface area contributed by atoms with Gasteiger partial charge in [0.2, 0.25) is 0 Å². The van der Waals surface area contributed by atoms with E-state index in [1.807, 2.05) is 42.5 Å². The molecular weight excluding hydrogens is 686 g/mol. The van der Waals surface area contributed by atoms with Crippen molar-refractivity contribution in [1.29, 1.82) is 0 Å². The Labute approximate surface area is 302 Å². The van der Waals surface area contributed by atoms with Crippen molar-refractivity contribution in [2.45, 2.75) is 12.6 Å². The number of nitrogens with one attached hydrogen (secondary N) is 1. The van der Waals surface area contributed by atoms with Crippen LogP contribution >= 0.6 is 0 Å². The van der Waals surface area contributed by atoms with Gasteiger partial charge >= 0.3 is 11.9 Å². The van der Waals surface area contributed by atoms with Crippen molar-refractivity contribution in [1.82, 2.24) is 0 Å². The van der Waals surface area contributed by atoms with Gasteiger partial charge in [-0.25, -0.2) is 0 Å². The van der Waals surface area contributed by atoms with E-state index in [-0.39, 0.29) is 43.5 Å². The Morgan fingerprint density at radius 3 is 1.81 bits per heavy atom. The number of ether oxygens (including phenoxy) is 2. The van der Waals surface area contributed by atoms with E-state index in [9.17, 15) is 45.0 Å². The minimum absolute atomic E-state index is 0.0750. The fraction of sp³-hybridized carbons (Fsp3) is 0.205. The van der Waals surface area contributed by atoms with Gasteiger partial charge in [0, 0.05) is 17.3 Å². The Kier molecular flexibility index (Phi) is 11.1. The number of carboxylic acid groups (broad SMARTS) is 2. The lowest BCUT2D eigenvalue weighted by Crippen LogP contribution is -2.38. The molecule has 0 aromatic heterocycles. The normalized spacial score (nSPS) is 11.4. The summed E-state index contributed by atoms with van der Waals surface area (Å²) in [4.78, 5) is 39.6. The summed E-state index contributed by atoms with van der Waals surface area (Å²) in [6, 6.07) is 28.6. The molecule has 0 aliphatic rings. The number of para-hydroxylation sites is 2. The minimum atomic E-state index is -1.77. The summed E-state index contributed by atoms with van der Waals surface area (Å²) in [7, 11) is 0. The van der Waals surface area contributed by atoms with E-state index in [1.54, 1.807) is 30.3 Å². The van der Waals surface area contributed by atoms with Crippen molar-refractivity contribution in [3.8, 4) is 11.5 Å². The van der Waals surface area contributed by atoms with E-state index in [4.69, 9.17) is 9.47 Å². The summed E-state index contributed by atoms with van der Waals surface area (Å²) in [5.74, 6) is -2.60. The summed E-state index contributed by atoms with van der Waals surface area (Å²) < 4.78 is 11.9. The predicted octanol–water partition coefficient (Wildman–Crippen LogP) is 3.70. The maximum atomic E-state index is 13.8. The monoisotopic (exact) mass is 723 g/mol. The molecule has 274 valence electrons. The average Bonchev–Trinajstić information content (AvgIpc) is 3.11. The molecule has 1 amide bonds. The highest BCUT2D eigenvalue weighted by atomic mass is 16.5. The van der Waals surface area contributed by atoms with E-state index < -0.39 is 43.5 Å². The van der Waals surface area contributed by atoms with Crippen LogP contribution in [0.5, 0.6) is 11.5 Å². The highest BCUT2D eigenvalue weighted by Gasteiger charge is 2.22. The van der Waals surface area contributed by atoms with Crippen LogP contribution in [0, 0.1) is 0 Å². The quantitative estimate of drug-likeness (QED) is 0.0407. The van der Waals surface area contributed by atoms with Gasteiger partial charge in [0.25, 0.3) is 5.91 Å². The Balaban J connectivity index is 1.26. The zero-order valence-electron chi connectivity index (χ0n) is 28.3. The Bertz CT molecular complexity index is 2220. The maximum Gasteiger partial charge on any atom is 0.323 e. The standard InChI is InChI=1S/C39H37N3O11/c43-33(44)19-41(20-34(45)46)29-6-1-2-7-31(29)52-16-17-53-32-18-26(12-15-30(32)42(21-35(47)48)22-36(49)50)40-39(51)28-14-11-25-9-8-23-4-3-5-24-10-13-27(28)38(25)37(23)24/h1-15,18,33-34,43-46H,16-17,19-22H2,(H,40,51)(H,47,48)(H,49,50). The highest BCUT2D eigenvalue weighted by molar-refractivity contribution is 6.27. The number of aliphatic hydroxyl groups excluding tert-OH is 2. The first-order valence-corrected chi connectivity index (χ1v) is 16.6. The highest BCUT2D eigenvalue weighted by Crippen LogP contribution is 2.37. The second kappa shape index (κ2) is 16.0. The summed E-state index contributed by atoms with van der Waals surface area (Å²) in [6.07, 6.45) is -3.55. The third kappa shape index (κ3) is 8.48. The van der Waals surface area contributed by atoms with Crippen LogP contribution in [0.1, 0.15) is 10.4 Å². The Morgan fingerprint density at radius 1 is 0.604 bits per heavy atom. The minimum Gasteiger partial charge on any atom is -0.488 e. The summed E-state index contributed by atoms with van der Waals surface area (Å²) >= 11 is 0. The molecule has 0 radical (unpaired) electrons. The van der Waals surface area contributed by atoms with Crippen molar-refractivity contribution in [2.75, 3.05) is 54.5 Å². The van der Waals surface area contributed by atoms with Gasteiger partial charge in [0.15, 0.2) is 12.6 Å². The van der Waals surface area contributed by atoms with Crippen molar-refractivity contribution in [2.24, 2.45) is 0 Å². The summed E-state index contributed by atoms with van der Waals surface area (Å²) in [5, 5.41) is 66.0. The number of hydrogen-bond donors (Lipinski definition) is 7. The molecule has 6 rings (SSSR count). The molecular formula is C39H37N3O11. The van der Waals surface area contributed by atoms with E-state index in [1.165, 1.54) is 23.1 Å². The number of aliphatic carboxylic acids is 2. The number of hydrogen-bond acceptors (Lipinski definition) is 11. The third-order valence-electron chi connectivity index (χ3n) is 8.56. The van der Waals surface area contributed by atoms with Crippen molar-refractivity contribution >= 4 is 67.2 Å². The molecule has 0 spiro atoms. The van der Waals surface area contributed by atoms with Crippen LogP contribution in [0.15, 0.2) is 97.1 Å². The van der Waals surface area contributed by atoms with Crippen molar-refractivity contribution in [3.05, 3.63) is 103 Å². The summed E-state index contributed by atoms with van der Waals surface area (Å²) in [6.45, 7) is -2.20. The molecule has 14 nitrogen and oxygen atoms in total. The number of amides is 1. The molecule has 6 aromatic rings. The van der Waals surface area contributed by atoms with Crippen molar-refractivity contribution in [3.63, 3.8) is 0 Å². The zero-order valence-corrected chi connectivity index (χ0v) is 28.3. The molecule has 53 heavy (non-hydrogen) atoms. The molecule has 0 aliphatic heterocycles. The number of aliphatic hydroxyl groups is 4. The third-order valence-corrected chi connectivity index (χ3v) is 8.56. The van der Waals surface area contributed by atoms with Gasteiger partial charge in [-0.3, -0.25) is 14.4 Å². The molecule has 14 heteroatoms. The molecule has 0 atom stereocenters. The fourth-order valence-electron chi connectivity index (χ4n) is 6.46. The van der Waals surface area contributed by atoms with Crippen LogP contribution in [0.4, 0.5) is 17.1 Å². The average molecular weight is 724 g/mol. The van der Waals surface area contributed by atoms with Crippen LogP contribution in [-0.4, -0.2) is 100 Å². The Morgan fingerprint density at radius 2 is 1.17 bits per heavy atom. The van der Waals surface area contributed by atoms with Gasteiger partial charge in [-0.05, 0) is 62.6 Å². The SMILES string of the molecule is O=C(O)CN(CC(=O)O)c1ccc(NC(=O)c2ccc3ccc4cccc5ccc2c3c45)cc1OCCOc1ccccc1N(CC(O)O)CC(O)O. The van der Waals surface area contributed by atoms with E-state index in [0.717, 1.165) is 37.2 Å². The van der Waals surface area contributed by atoms with E-state index >= 15 is 0 Å². The number of carbonyl (C=O) groups is 3. The van der Waals surface area contributed by atoms with Crippen LogP contribution in [0.25, 0.3) is 32.3 Å². The van der Waals surface area contributed by atoms with Crippen LogP contribution in [-0.2, 0) is 9.59 Å². The molecule has 7 N–H and O–H groups in total. The summed E-state index contributed by atoms with van der Waals surface area (Å²) in [5.41, 5.74) is 1.23. The molecule has 0 fully saturated rings. The van der Waals surface area contributed by atoms with Gasteiger partial charge in [-0.1, -0.05) is 60.7 Å². The van der Waals surface area contributed by atoms with Crippen LogP contribution in [0.3, 0.4) is 0 Å². The van der Waals surface area contributed by atoms with Crippen molar-refractivity contribution < 1.29 is 54.5 Å². The molecule has 0 saturated heterocycles. The second-order valence-electron chi connectivity index (χ2n) is 12.3. The lowest BCUT2D eigenvalue weighted by molar-refractivity contribution is -0.136. The number of anilines is 3. The van der Waals surface area contributed by atoms with Gasteiger partial charge < -0.3 is 55.2 Å². The molecule has 0 saturated carbocycles. The molecule has 0 heterocycles. The first-order valence-electron chi connectivity index (χ1n) is 16.6. The molecule has 0 aliphatic carbocycles. The lowest BCUT2D eigenvalue weighted by Gasteiger charge is -2.28.